The third-order valence-electron chi connectivity index (χ3n) is 4.69. The number of aromatic amines is 1. The van der Waals surface area contributed by atoms with Crippen molar-refractivity contribution in [3.05, 3.63) is 80.9 Å². The van der Waals surface area contributed by atoms with Gasteiger partial charge >= 0.3 is 0 Å². The number of nitrogens with zero attached hydrogens (tertiary/aromatic N) is 1. The van der Waals surface area contributed by atoms with Crippen LogP contribution in [0.5, 0.6) is 0 Å². The zero-order valence-electron chi connectivity index (χ0n) is 14.0. The molecule has 134 valence electrons. The predicted octanol–water partition coefficient (Wildman–Crippen LogP) is 3.89. The maximum Gasteiger partial charge on any atom is 0.252 e. The van der Waals surface area contributed by atoms with Crippen LogP contribution in [0.15, 0.2) is 53.3 Å². The van der Waals surface area contributed by atoms with E-state index in [2.05, 4.69) is 9.88 Å². The number of para-hydroxylation sites is 1. The molecule has 1 unspecified atom stereocenters. The number of fused-ring (bicyclic) bond motifs is 1. The van der Waals surface area contributed by atoms with Gasteiger partial charge in [-0.05, 0) is 35.2 Å². The Morgan fingerprint density at radius 2 is 2.08 bits per heavy atom. The summed E-state index contributed by atoms with van der Waals surface area (Å²) in [5.41, 5.74) is 2.33. The lowest BCUT2D eigenvalue weighted by molar-refractivity contribution is -0.0330. The molecular formula is C20H18ClFN2O2. The van der Waals surface area contributed by atoms with E-state index in [4.69, 9.17) is 16.3 Å². The third kappa shape index (κ3) is 3.51. The number of aromatic nitrogens is 1. The number of hydrogen-bond donors (Lipinski definition) is 1. The first-order valence-corrected chi connectivity index (χ1v) is 8.88. The Kier molecular flexibility index (Phi) is 4.76. The first-order chi connectivity index (χ1) is 12.6. The average Bonchev–Trinajstić information content (AvgIpc) is 2.65. The molecule has 0 radical (unpaired) electrons. The van der Waals surface area contributed by atoms with Gasteiger partial charge in [0.25, 0.3) is 5.56 Å². The van der Waals surface area contributed by atoms with Crippen molar-refractivity contribution in [2.24, 2.45) is 0 Å². The van der Waals surface area contributed by atoms with E-state index in [1.165, 1.54) is 6.07 Å². The zero-order valence-corrected chi connectivity index (χ0v) is 14.8. The Hall–Kier alpha value is -2.21. The van der Waals surface area contributed by atoms with Gasteiger partial charge in [-0.2, -0.15) is 0 Å². The highest BCUT2D eigenvalue weighted by atomic mass is 35.5. The normalized spacial score (nSPS) is 18.3. The maximum absolute atomic E-state index is 13.4. The summed E-state index contributed by atoms with van der Waals surface area (Å²) in [5, 5.41) is 1.10. The first kappa shape index (κ1) is 17.2. The molecule has 1 N–H and O–H groups in total. The molecule has 2 aromatic carbocycles. The summed E-state index contributed by atoms with van der Waals surface area (Å²) < 4.78 is 19.2. The number of nitrogens with one attached hydrogen (secondary N) is 1. The van der Waals surface area contributed by atoms with Crippen molar-refractivity contribution >= 4 is 22.5 Å². The van der Waals surface area contributed by atoms with Crippen molar-refractivity contribution in [3.63, 3.8) is 0 Å². The van der Waals surface area contributed by atoms with Gasteiger partial charge in [0.1, 0.15) is 5.82 Å². The lowest BCUT2D eigenvalue weighted by Crippen LogP contribution is -2.39. The molecule has 1 saturated heterocycles. The summed E-state index contributed by atoms with van der Waals surface area (Å²) in [6.07, 6.45) is -0.193. The van der Waals surface area contributed by atoms with Gasteiger partial charge in [-0.25, -0.2) is 4.39 Å². The molecule has 0 aliphatic carbocycles. The molecule has 1 aliphatic rings. The molecule has 0 saturated carbocycles. The molecule has 0 bridgehead atoms. The van der Waals surface area contributed by atoms with Crippen LogP contribution in [0, 0.1) is 5.82 Å². The van der Waals surface area contributed by atoms with E-state index < -0.39 is 5.82 Å². The average molecular weight is 373 g/mol. The fraction of sp³-hybridized carbons (Fsp3) is 0.250. The van der Waals surface area contributed by atoms with Crippen molar-refractivity contribution in [2.75, 3.05) is 19.7 Å². The van der Waals surface area contributed by atoms with E-state index in [0.29, 0.717) is 19.7 Å². The second kappa shape index (κ2) is 7.19. The Balaban J connectivity index is 1.54. The zero-order chi connectivity index (χ0) is 18.1. The van der Waals surface area contributed by atoms with Gasteiger partial charge in [0.2, 0.25) is 0 Å². The fourth-order valence-electron chi connectivity index (χ4n) is 3.31. The van der Waals surface area contributed by atoms with Gasteiger partial charge in [-0.15, -0.1) is 0 Å². The van der Waals surface area contributed by atoms with E-state index in [1.54, 1.807) is 12.1 Å². The number of morpholine rings is 1. The van der Waals surface area contributed by atoms with Crippen LogP contribution in [-0.4, -0.2) is 29.6 Å². The van der Waals surface area contributed by atoms with Gasteiger partial charge in [-0.3, -0.25) is 9.69 Å². The lowest BCUT2D eigenvalue weighted by Gasteiger charge is -2.33. The molecular weight excluding hydrogens is 355 g/mol. The highest BCUT2D eigenvalue weighted by Gasteiger charge is 2.23. The topological polar surface area (TPSA) is 45.3 Å². The smallest absolute Gasteiger partial charge is 0.252 e. The minimum absolute atomic E-state index is 0.0726. The SMILES string of the molecule is O=c1[nH]c2ccccc2cc1CN1CCOC(c2ccc(F)c(Cl)c2)C1. The number of benzene rings is 2. The molecule has 3 aromatic rings. The summed E-state index contributed by atoms with van der Waals surface area (Å²) in [6.45, 7) is 2.44. The number of rotatable bonds is 3. The summed E-state index contributed by atoms with van der Waals surface area (Å²) in [4.78, 5) is 17.5. The van der Waals surface area contributed by atoms with Crippen LogP contribution in [0.25, 0.3) is 10.9 Å². The van der Waals surface area contributed by atoms with E-state index in [1.807, 2.05) is 30.3 Å². The predicted molar refractivity (Wildman–Crippen MR) is 99.9 cm³/mol. The Labute approximate surface area is 155 Å². The van der Waals surface area contributed by atoms with Crippen LogP contribution < -0.4 is 5.56 Å². The Morgan fingerprint density at radius 1 is 1.23 bits per heavy atom. The standard InChI is InChI=1S/C20H18ClFN2O2/c21-16-10-14(5-6-17(16)22)19-12-24(7-8-26-19)11-15-9-13-3-1-2-4-18(13)23-20(15)25/h1-6,9-10,19H,7-8,11-12H2,(H,23,25). The minimum atomic E-state index is -0.439. The van der Waals surface area contributed by atoms with Crippen LogP contribution in [0.3, 0.4) is 0 Å². The molecule has 0 amide bonds. The molecule has 1 aliphatic heterocycles. The van der Waals surface area contributed by atoms with E-state index in [-0.39, 0.29) is 16.7 Å². The molecule has 2 heterocycles. The summed E-state index contributed by atoms with van der Waals surface area (Å²) >= 11 is 5.89. The lowest BCUT2D eigenvalue weighted by atomic mass is 10.1. The number of ether oxygens (including phenoxy) is 1. The molecule has 26 heavy (non-hydrogen) atoms. The summed E-state index contributed by atoms with van der Waals surface area (Å²) in [7, 11) is 0. The molecule has 0 spiro atoms. The summed E-state index contributed by atoms with van der Waals surface area (Å²) in [6, 6.07) is 14.3. The van der Waals surface area contributed by atoms with Crippen LogP contribution >= 0.6 is 11.6 Å². The van der Waals surface area contributed by atoms with Crippen LogP contribution in [0.2, 0.25) is 5.02 Å². The Bertz CT molecular complexity index is 1000. The van der Waals surface area contributed by atoms with Crippen molar-refractivity contribution < 1.29 is 9.13 Å². The number of pyridine rings is 1. The second-order valence-electron chi connectivity index (χ2n) is 6.48. The van der Waals surface area contributed by atoms with Crippen LogP contribution in [0.4, 0.5) is 4.39 Å². The fourth-order valence-corrected chi connectivity index (χ4v) is 3.50. The molecule has 1 fully saturated rings. The highest BCUT2D eigenvalue weighted by Crippen LogP contribution is 2.26. The van der Waals surface area contributed by atoms with E-state index in [9.17, 15) is 9.18 Å². The first-order valence-electron chi connectivity index (χ1n) is 8.50. The number of H-pyrrole nitrogens is 1. The van der Waals surface area contributed by atoms with Crippen LogP contribution in [-0.2, 0) is 11.3 Å². The molecule has 6 heteroatoms. The second-order valence-corrected chi connectivity index (χ2v) is 6.89. The van der Waals surface area contributed by atoms with E-state index >= 15 is 0 Å². The minimum Gasteiger partial charge on any atom is -0.371 e. The summed E-state index contributed by atoms with van der Waals surface area (Å²) in [5.74, 6) is -0.439. The molecule has 4 nitrogen and oxygen atoms in total. The van der Waals surface area contributed by atoms with Gasteiger partial charge in [0.15, 0.2) is 0 Å². The van der Waals surface area contributed by atoms with Crippen molar-refractivity contribution in [1.29, 1.82) is 0 Å². The quantitative estimate of drug-likeness (QED) is 0.758. The number of halogens is 2. The van der Waals surface area contributed by atoms with Gasteiger partial charge in [0.05, 0.1) is 17.7 Å². The monoisotopic (exact) mass is 372 g/mol. The van der Waals surface area contributed by atoms with Gasteiger partial charge in [0, 0.05) is 30.7 Å². The van der Waals surface area contributed by atoms with E-state index in [0.717, 1.165) is 28.6 Å². The Morgan fingerprint density at radius 3 is 2.92 bits per heavy atom. The van der Waals surface area contributed by atoms with Crippen LogP contribution in [0.1, 0.15) is 17.2 Å². The molecule has 4 rings (SSSR count). The van der Waals surface area contributed by atoms with Gasteiger partial charge < -0.3 is 9.72 Å². The highest BCUT2D eigenvalue weighted by molar-refractivity contribution is 6.30. The van der Waals surface area contributed by atoms with Crippen molar-refractivity contribution in [1.82, 2.24) is 9.88 Å². The van der Waals surface area contributed by atoms with Gasteiger partial charge in [-0.1, -0.05) is 35.9 Å². The largest absolute Gasteiger partial charge is 0.371 e. The maximum atomic E-state index is 13.4. The van der Waals surface area contributed by atoms with Crippen molar-refractivity contribution in [3.8, 4) is 0 Å². The number of hydrogen-bond acceptors (Lipinski definition) is 3. The molecule has 1 atom stereocenters. The third-order valence-corrected chi connectivity index (χ3v) is 4.98. The van der Waals surface area contributed by atoms with Crippen molar-refractivity contribution in [2.45, 2.75) is 12.6 Å². The molecule has 1 aromatic heterocycles.